The highest BCUT2D eigenvalue weighted by molar-refractivity contribution is 7.09. The van der Waals surface area contributed by atoms with Crippen LogP contribution in [0.5, 0.6) is 0 Å². The van der Waals surface area contributed by atoms with E-state index in [1.165, 1.54) is 6.42 Å². The quantitative estimate of drug-likeness (QED) is 0.855. The molecule has 0 bridgehead atoms. The van der Waals surface area contributed by atoms with Gasteiger partial charge in [0.1, 0.15) is 5.01 Å². The van der Waals surface area contributed by atoms with Gasteiger partial charge in [-0.25, -0.2) is 4.98 Å². The van der Waals surface area contributed by atoms with Crippen molar-refractivity contribution in [1.82, 2.24) is 10.3 Å². The third kappa shape index (κ3) is 3.26. The number of hydrogen-bond donors (Lipinski definition) is 2. The number of carbonyl (C=O) groups excluding carboxylic acids is 1. The molecule has 0 radical (unpaired) electrons. The molecular formula is C12H19N3OS. The largest absolute Gasteiger partial charge is 0.349 e. The SMILES string of the molecule is NCC1CCCCC1C(=O)NCc1nccs1. The molecule has 0 aromatic carbocycles. The Morgan fingerprint density at radius 3 is 3.06 bits per heavy atom. The van der Waals surface area contributed by atoms with Gasteiger partial charge in [-0.15, -0.1) is 11.3 Å². The Labute approximate surface area is 106 Å². The summed E-state index contributed by atoms with van der Waals surface area (Å²) in [6.07, 6.45) is 6.18. The highest BCUT2D eigenvalue weighted by Gasteiger charge is 2.29. The normalized spacial score (nSPS) is 24.5. The van der Waals surface area contributed by atoms with E-state index in [0.717, 1.165) is 24.3 Å². The number of thiazole rings is 1. The van der Waals surface area contributed by atoms with E-state index in [1.807, 2.05) is 5.38 Å². The Kier molecular flexibility index (Phi) is 4.50. The number of rotatable bonds is 4. The van der Waals surface area contributed by atoms with E-state index in [-0.39, 0.29) is 11.8 Å². The molecule has 1 aliphatic rings. The highest BCUT2D eigenvalue weighted by atomic mass is 32.1. The first-order valence-electron chi connectivity index (χ1n) is 6.17. The van der Waals surface area contributed by atoms with Crippen LogP contribution in [-0.4, -0.2) is 17.4 Å². The minimum absolute atomic E-state index is 0.105. The first-order chi connectivity index (χ1) is 8.31. The Morgan fingerprint density at radius 2 is 2.35 bits per heavy atom. The Hall–Kier alpha value is -0.940. The summed E-state index contributed by atoms with van der Waals surface area (Å²) in [4.78, 5) is 16.2. The minimum Gasteiger partial charge on any atom is -0.349 e. The number of carbonyl (C=O) groups is 1. The van der Waals surface area contributed by atoms with Crippen LogP contribution in [-0.2, 0) is 11.3 Å². The predicted octanol–water partition coefficient (Wildman–Crippen LogP) is 1.52. The fourth-order valence-corrected chi connectivity index (χ4v) is 3.03. The standard InChI is InChI=1S/C12H19N3OS/c13-7-9-3-1-2-4-10(9)12(16)15-8-11-14-5-6-17-11/h5-6,9-10H,1-4,7-8,13H2,(H,15,16). The molecule has 1 aromatic heterocycles. The summed E-state index contributed by atoms with van der Waals surface area (Å²) < 4.78 is 0. The molecule has 1 fully saturated rings. The van der Waals surface area contributed by atoms with E-state index >= 15 is 0 Å². The lowest BCUT2D eigenvalue weighted by Crippen LogP contribution is -2.39. The Bertz CT molecular complexity index is 353. The molecule has 2 atom stereocenters. The van der Waals surface area contributed by atoms with Gasteiger partial charge in [-0.3, -0.25) is 4.79 Å². The number of amides is 1. The molecule has 0 saturated heterocycles. The van der Waals surface area contributed by atoms with Crippen molar-refractivity contribution in [2.75, 3.05) is 6.54 Å². The molecule has 1 heterocycles. The van der Waals surface area contributed by atoms with Crippen LogP contribution in [0.15, 0.2) is 11.6 Å². The maximum atomic E-state index is 12.1. The maximum Gasteiger partial charge on any atom is 0.223 e. The van der Waals surface area contributed by atoms with Crippen LogP contribution in [0.3, 0.4) is 0 Å². The predicted molar refractivity (Wildman–Crippen MR) is 68.5 cm³/mol. The number of nitrogens with zero attached hydrogens (tertiary/aromatic N) is 1. The van der Waals surface area contributed by atoms with Crippen LogP contribution in [0.1, 0.15) is 30.7 Å². The molecule has 2 rings (SSSR count). The van der Waals surface area contributed by atoms with Gasteiger partial charge in [-0.1, -0.05) is 12.8 Å². The third-order valence-corrected chi connectivity index (χ3v) is 4.23. The molecule has 0 aliphatic heterocycles. The average molecular weight is 253 g/mol. The van der Waals surface area contributed by atoms with Crippen molar-refractivity contribution in [3.8, 4) is 0 Å². The van der Waals surface area contributed by atoms with E-state index in [0.29, 0.717) is 19.0 Å². The lowest BCUT2D eigenvalue weighted by molar-refractivity contribution is -0.127. The summed E-state index contributed by atoms with van der Waals surface area (Å²) in [6, 6.07) is 0. The number of hydrogen-bond acceptors (Lipinski definition) is 4. The molecule has 0 spiro atoms. The Morgan fingerprint density at radius 1 is 1.53 bits per heavy atom. The summed E-state index contributed by atoms with van der Waals surface area (Å²) in [5.74, 6) is 0.615. The molecule has 1 aliphatic carbocycles. The smallest absolute Gasteiger partial charge is 0.223 e. The van der Waals surface area contributed by atoms with Gasteiger partial charge in [-0.05, 0) is 25.3 Å². The van der Waals surface area contributed by atoms with Crippen LogP contribution < -0.4 is 11.1 Å². The molecule has 3 N–H and O–H groups in total. The van der Waals surface area contributed by atoms with Crippen LogP contribution in [0, 0.1) is 11.8 Å². The second kappa shape index (κ2) is 6.12. The van der Waals surface area contributed by atoms with Crippen molar-refractivity contribution in [1.29, 1.82) is 0 Å². The molecule has 5 heteroatoms. The second-order valence-corrected chi connectivity index (χ2v) is 5.51. The topological polar surface area (TPSA) is 68.0 Å². The molecule has 4 nitrogen and oxygen atoms in total. The number of aromatic nitrogens is 1. The van der Waals surface area contributed by atoms with Crippen molar-refractivity contribution >= 4 is 17.2 Å². The van der Waals surface area contributed by atoms with Crippen molar-refractivity contribution in [3.05, 3.63) is 16.6 Å². The van der Waals surface area contributed by atoms with Crippen LogP contribution in [0.4, 0.5) is 0 Å². The monoisotopic (exact) mass is 253 g/mol. The zero-order chi connectivity index (χ0) is 12.1. The van der Waals surface area contributed by atoms with Crippen molar-refractivity contribution < 1.29 is 4.79 Å². The second-order valence-electron chi connectivity index (χ2n) is 4.53. The summed E-state index contributed by atoms with van der Waals surface area (Å²) in [5.41, 5.74) is 5.73. The first kappa shape index (κ1) is 12.5. The van der Waals surface area contributed by atoms with Gasteiger partial charge in [0.25, 0.3) is 0 Å². The van der Waals surface area contributed by atoms with E-state index < -0.39 is 0 Å². The zero-order valence-corrected chi connectivity index (χ0v) is 10.7. The van der Waals surface area contributed by atoms with E-state index in [1.54, 1.807) is 17.5 Å². The molecule has 1 amide bonds. The lowest BCUT2D eigenvalue weighted by atomic mass is 9.79. The minimum atomic E-state index is 0.105. The van der Waals surface area contributed by atoms with Crippen LogP contribution >= 0.6 is 11.3 Å². The Balaban J connectivity index is 1.85. The summed E-state index contributed by atoms with van der Waals surface area (Å²) in [6.45, 7) is 1.17. The molecule has 17 heavy (non-hydrogen) atoms. The van der Waals surface area contributed by atoms with Gasteiger partial charge in [-0.2, -0.15) is 0 Å². The molecule has 1 saturated carbocycles. The highest BCUT2D eigenvalue weighted by Crippen LogP contribution is 2.29. The van der Waals surface area contributed by atoms with Crippen molar-refractivity contribution in [2.24, 2.45) is 17.6 Å². The van der Waals surface area contributed by atoms with Crippen molar-refractivity contribution in [2.45, 2.75) is 32.2 Å². The molecule has 94 valence electrons. The summed E-state index contributed by atoms with van der Waals surface area (Å²) in [7, 11) is 0. The molecular weight excluding hydrogens is 234 g/mol. The van der Waals surface area contributed by atoms with E-state index in [9.17, 15) is 4.79 Å². The van der Waals surface area contributed by atoms with E-state index in [4.69, 9.17) is 5.73 Å². The van der Waals surface area contributed by atoms with Gasteiger partial charge in [0, 0.05) is 17.5 Å². The van der Waals surface area contributed by atoms with Crippen molar-refractivity contribution in [3.63, 3.8) is 0 Å². The first-order valence-corrected chi connectivity index (χ1v) is 7.05. The fraction of sp³-hybridized carbons (Fsp3) is 0.667. The lowest BCUT2D eigenvalue weighted by Gasteiger charge is -2.29. The van der Waals surface area contributed by atoms with Gasteiger partial charge in [0.05, 0.1) is 6.54 Å². The average Bonchev–Trinajstić information content (AvgIpc) is 2.89. The summed E-state index contributed by atoms with van der Waals surface area (Å²) >= 11 is 1.57. The van der Waals surface area contributed by atoms with Gasteiger partial charge < -0.3 is 11.1 Å². The fourth-order valence-electron chi connectivity index (χ4n) is 2.47. The maximum absolute atomic E-state index is 12.1. The van der Waals surface area contributed by atoms with Gasteiger partial charge in [0.15, 0.2) is 0 Å². The number of nitrogens with one attached hydrogen (secondary N) is 1. The van der Waals surface area contributed by atoms with Gasteiger partial charge >= 0.3 is 0 Å². The van der Waals surface area contributed by atoms with Crippen LogP contribution in [0.2, 0.25) is 0 Å². The third-order valence-electron chi connectivity index (χ3n) is 3.45. The summed E-state index contributed by atoms with van der Waals surface area (Å²) in [5, 5.41) is 5.85. The zero-order valence-electron chi connectivity index (χ0n) is 9.89. The number of nitrogens with two attached hydrogens (primary N) is 1. The van der Waals surface area contributed by atoms with E-state index in [2.05, 4.69) is 10.3 Å². The van der Waals surface area contributed by atoms with Crippen LogP contribution in [0.25, 0.3) is 0 Å². The molecule has 2 unspecified atom stereocenters. The van der Waals surface area contributed by atoms with Gasteiger partial charge in [0.2, 0.25) is 5.91 Å². The molecule has 1 aromatic rings.